The van der Waals surface area contributed by atoms with E-state index in [1.54, 1.807) is 6.07 Å². The smallest absolute Gasteiger partial charge is 0.243 e. The molecule has 0 aliphatic heterocycles. The van der Waals surface area contributed by atoms with Gasteiger partial charge in [-0.1, -0.05) is 6.42 Å². The van der Waals surface area contributed by atoms with Crippen molar-refractivity contribution in [1.29, 1.82) is 0 Å². The maximum absolute atomic E-state index is 13.0. The van der Waals surface area contributed by atoms with E-state index in [9.17, 15) is 4.39 Å². The number of nitrogens with two attached hydrogens (primary N) is 1. The first kappa shape index (κ1) is 11.4. The summed E-state index contributed by atoms with van der Waals surface area (Å²) >= 11 is 0. The maximum atomic E-state index is 13.0. The van der Waals surface area contributed by atoms with Gasteiger partial charge in [-0.25, -0.2) is 8.91 Å². The second-order valence-electron chi connectivity index (χ2n) is 4.76. The van der Waals surface area contributed by atoms with E-state index in [-0.39, 0.29) is 5.82 Å². The third-order valence-corrected chi connectivity index (χ3v) is 3.57. The van der Waals surface area contributed by atoms with Gasteiger partial charge in [0.15, 0.2) is 5.65 Å². The van der Waals surface area contributed by atoms with Gasteiger partial charge in [0, 0.05) is 6.04 Å². The minimum atomic E-state index is -0.320. The Morgan fingerprint density at radius 1 is 1.44 bits per heavy atom. The molecule has 1 saturated carbocycles. The molecule has 3 rings (SSSR count). The Labute approximate surface area is 104 Å². The normalized spacial score (nSPS) is 23.7. The van der Waals surface area contributed by atoms with Crippen molar-refractivity contribution in [2.75, 3.05) is 11.9 Å². The van der Waals surface area contributed by atoms with Crippen molar-refractivity contribution >= 4 is 11.6 Å². The molecule has 1 aliphatic rings. The maximum Gasteiger partial charge on any atom is 0.243 e. The van der Waals surface area contributed by atoms with Gasteiger partial charge in [0.05, 0.1) is 6.20 Å². The molecule has 0 spiro atoms. The van der Waals surface area contributed by atoms with E-state index in [0.29, 0.717) is 30.1 Å². The van der Waals surface area contributed by atoms with Crippen molar-refractivity contribution in [3.63, 3.8) is 0 Å². The molecular formula is C12H16FN5. The quantitative estimate of drug-likeness (QED) is 0.863. The van der Waals surface area contributed by atoms with Crippen molar-refractivity contribution in [3.05, 3.63) is 24.1 Å². The third-order valence-electron chi connectivity index (χ3n) is 3.57. The first-order valence-corrected chi connectivity index (χ1v) is 6.25. The lowest BCUT2D eigenvalue weighted by atomic mass is 10.0. The number of pyridine rings is 1. The molecule has 2 aromatic rings. The minimum Gasteiger partial charge on any atom is -0.350 e. The Kier molecular flexibility index (Phi) is 2.87. The Balaban J connectivity index is 1.82. The van der Waals surface area contributed by atoms with Gasteiger partial charge in [-0.2, -0.15) is 4.98 Å². The molecule has 0 radical (unpaired) electrons. The first-order valence-electron chi connectivity index (χ1n) is 6.25. The number of hydrogen-bond donors (Lipinski definition) is 2. The Bertz CT molecular complexity index is 552. The first-order chi connectivity index (χ1) is 8.76. The van der Waals surface area contributed by atoms with E-state index >= 15 is 0 Å². The zero-order valence-corrected chi connectivity index (χ0v) is 10.0. The van der Waals surface area contributed by atoms with Crippen LogP contribution in [0.1, 0.15) is 19.3 Å². The third kappa shape index (κ3) is 2.03. The SMILES string of the molecule is NCC1CCCC1Nc1nc2ccc(F)cn2n1. The summed E-state index contributed by atoms with van der Waals surface area (Å²) < 4.78 is 14.5. The van der Waals surface area contributed by atoms with Crippen LogP contribution >= 0.6 is 0 Å². The number of nitrogens with zero attached hydrogens (tertiary/aromatic N) is 3. The van der Waals surface area contributed by atoms with E-state index in [1.165, 1.54) is 23.2 Å². The fourth-order valence-electron chi connectivity index (χ4n) is 2.59. The summed E-state index contributed by atoms with van der Waals surface area (Å²) in [7, 11) is 0. The highest BCUT2D eigenvalue weighted by Gasteiger charge is 2.26. The summed E-state index contributed by atoms with van der Waals surface area (Å²) in [5.41, 5.74) is 6.38. The number of halogens is 1. The highest BCUT2D eigenvalue weighted by Crippen LogP contribution is 2.26. The van der Waals surface area contributed by atoms with Gasteiger partial charge in [-0.15, -0.1) is 5.10 Å². The lowest BCUT2D eigenvalue weighted by Crippen LogP contribution is -2.29. The largest absolute Gasteiger partial charge is 0.350 e. The van der Waals surface area contributed by atoms with E-state index in [1.807, 2.05) is 0 Å². The molecule has 0 amide bonds. The summed E-state index contributed by atoms with van der Waals surface area (Å²) in [6.45, 7) is 0.680. The molecule has 18 heavy (non-hydrogen) atoms. The average molecular weight is 249 g/mol. The molecular weight excluding hydrogens is 233 g/mol. The van der Waals surface area contributed by atoms with Crippen molar-refractivity contribution in [3.8, 4) is 0 Å². The Hall–Kier alpha value is -1.69. The predicted octanol–water partition coefficient (Wildman–Crippen LogP) is 1.41. The average Bonchev–Trinajstić information content (AvgIpc) is 2.94. The van der Waals surface area contributed by atoms with Crippen LogP contribution < -0.4 is 11.1 Å². The number of rotatable bonds is 3. The van der Waals surface area contributed by atoms with Crippen LogP contribution in [0, 0.1) is 11.7 Å². The standard InChI is InChI=1S/C12H16FN5/c13-9-4-5-11-16-12(17-18(11)7-9)15-10-3-1-2-8(10)6-14/h4-5,7-8,10H,1-3,6,14H2,(H,15,17). The summed E-state index contributed by atoms with van der Waals surface area (Å²) in [5, 5.41) is 7.52. The second-order valence-corrected chi connectivity index (χ2v) is 4.76. The molecule has 2 heterocycles. The number of nitrogens with one attached hydrogen (secondary N) is 1. The Morgan fingerprint density at radius 2 is 2.33 bits per heavy atom. The summed E-state index contributed by atoms with van der Waals surface area (Å²) in [6.07, 6.45) is 4.74. The lowest BCUT2D eigenvalue weighted by molar-refractivity contribution is 0.514. The molecule has 1 fully saturated rings. The molecule has 96 valence electrons. The molecule has 1 aliphatic carbocycles. The zero-order valence-electron chi connectivity index (χ0n) is 10.0. The van der Waals surface area contributed by atoms with Crippen LogP contribution in [0.3, 0.4) is 0 Å². The molecule has 6 heteroatoms. The van der Waals surface area contributed by atoms with Gasteiger partial charge in [-0.05, 0) is 37.4 Å². The highest BCUT2D eigenvalue weighted by atomic mass is 19.1. The highest BCUT2D eigenvalue weighted by molar-refractivity contribution is 5.43. The van der Waals surface area contributed by atoms with Gasteiger partial charge < -0.3 is 11.1 Å². The minimum absolute atomic E-state index is 0.320. The molecule has 0 aromatic carbocycles. The molecule has 5 nitrogen and oxygen atoms in total. The molecule has 0 saturated heterocycles. The lowest BCUT2D eigenvalue weighted by Gasteiger charge is -2.17. The van der Waals surface area contributed by atoms with Gasteiger partial charge in [-0.3, -0.25) is 0 Å². The van der Waals surface area contributed by atoms with Crippen LogP contribution in [-0.2, 0) is 0 Å². The summed E-state index contributed by atoms with van der Waals surface area (Å²) in [4.78, 5) is 4.32. The summed E-state index contributed by atoms with van der Waals surface area (Å²) in [5.74, 6) is 0.707. The molecule has 2 atom stereocenters. The molecule has 0 bridgehead atoms. The van der Waals surface area contributed by atoms with Crippen LogP contribution in [0.15, 0.2) is 18.3 Å². The van der Waals surface area contributed by atoms with Gasteiger partial charge >= 0.3 is 0 Å². The topological polar surface area (TPSA) is 68.2 Å². The van der Waals surface area contributed by atoms with Crippen molar-refractivity contribution in [1.82, 2.24) is 14.6 Å². The zero-order chi connectivity index (χ0) is 12.5. The van der Waals surface area contributed by atoms with E-state index in [4.69, 9.17) is 5.73 Å². The van der Waals surface area contributed by atoms with E-state index in [2.05, 4.69) is 15.4 Å². The van der Waals surface area contributed by atoms with Crippen molar-refractivity contribution in [2.45, 2.75) is 25.3 Å². The van der Waals surface area contributed by atoms with Crippen LogP contribution in [0.25, 0.3) is 5.65 Å². The number of fused-ring (bicyclic) bond motifs is 1. The van der Waals surface area contributed by atoms with Crippen LogP contribution in [-0.4, -0.2) is 27.2 Å². The monoisotopic (exact) mass is 249 g/mol. The van der Waals surface area contributed by atoms with Crippen LogP contribution in [0.2, 0.25) is 0 Å². The summed E-state index contributed by atoms with van der Waals surface area (Å²) in [6, 6.07) is 3.33. The van der Waals surface area contributed by atoms with Gasteiger partial charge in [0.1, 0.15) is 5.82 Å². The molecule has 2 unspecified atom stereocenters. The van der Waals surface area contributed by atoms with Gasteiger partial charge in [0.25, 0.3) is 0 Å². The molecule has 3 N–H and O–H groups in total. The molecule has 2 aromatic heterocycles. The number of aromatic nitrogens is 3. The predicted molar refractivity (Wildman–Crippen MR) is 66.8 cm³/mol. The van der Waals surface area contributed by atoms with Crippen LogP contribution in [0.5, 0.6) is 0 Å². The van der Waals surface area contributed by atoms with E-state index < -0.39 is 0 Å². The van der Waals surface area contributed by atoms with Gasteiger partial charge in [0.2, 0.25) is 5.95 Å². The fraction of sp³-hybridized carbons (Fsp3) is 0.500. The van der Waals surface area contributed by atoms with Crippen molar-refractivity contribution < 1.29 is 4.39 Å². The van der Waals surface area contributed by atoms with Crippen LogP contribution in [0.4, 0.5) is 10.3 Å². The van der Waals surface area contributed by atoms with E-state index in [0.717, 1.165) is 12.8 Å². The number of hydrogen-bond acceptors (Lipinski definition) is 4. The second kappa shape index (κ2) is 4.53. The Morgan fingerprint density at radius 3 is 3.17 bits per heavy atom. The number of anilines is 1. The van der Waals surface area contributed by atoms with Crippen molar-refractivity contribution in [2.24, 2.45) is 11.7 Å². The fourth-order valence-corrected chi connectivity index (χ4v) is 2.59.